The van der Waals surface area contributed by atoms with Crippen LogP contribution in [-0.2, 0) is 19.0 Å². The second-order valence-electron chi connectivity index (χ2n) is 13.5. The monoisotopic (exact) mass is 552 g/mol. The van der Waals surface area contributed by atoms with Crippen molar-refractivity contribution in [2.24, 2.45) is 0 Å². The molecule has 226 valence electrons. The van der Waals surface area contributed by atoms with E-state index in [1.807, 2.05) is 55.4 Å². The first kappa shape index (κ1) is 34.0. The molecule has 0 bridgehead atoms. The summed E-state index contributed by atoms with van der Waals surface area (Å²) >= 11 is 0. The van der Waals surface area contributed by atoms with Crippen LogP contribution in [0.25, 0.3) is 0 Å². The molecule has 0 amide bonds. The molecule has 2 aliphatic heterocycles. The van der Waals surface area contributed by atoms with Crippen LogP contribution in [0.3, 0.4) is 0 Å². The number of carbonyl (C=O) groups is 1. The van der Waals surface area contributed by atoms with Gasteiger partial charge in [0.15, 0.2) is 0 Å². The third-order valence-electron chi connectivity index (χ3n) is 8.82. The van der Waals surface area contributed by atoms with E-state index >= 15 is 0 Å². The Labute approximate surface area is 237 Å². The van der Waals surface area contributed by atoms with Crippen LogP contribution in [0.1, 0.15) is 127 Å². The Bertz CT molecular complexity index is 868. The van der Waals surface area contributed by atoms with Crippen LogP contribution in [-0.4, -0.2) is 68.1 Å². The average Bonchev–Trinajstić information content (AvgIpc) is 3.41. The van der Waals surface area contributed by atoms with Gasteiger partial charge in [-0.3, -0.25) is 4.79 Å². The van der Waals surface area contributed by atoms with Crippen molar-refractivity contribution in [2.45, 2.75) is 173 Å². The minimum atomic E-state index is -0.993. The van der Waals surface area contributed by atoms with Gasteiger partial charge in [-0.2, -0.15) is 0 Å². The van der Waals surface area contributed by atoms with Gasteiger partial charge in [0.1, 0.15) is 11.7 Å². The van der Waals surface area contributed by atoms with Crippen molar-refractivity contribution in [2.75, 3.05) is 0 Å². The Morgan fingerprint density at radius 2 is 1.31 bits per heavy atom. The molecule has 39 heavy (non-hydrogen) atoms. The molecule has 0 radical (unpaired) electrons. The number of aliphatic hydroxyl groups excluding tert-OH is 1. The summed E-state index contributed by atoms with van der Waals surface area (Å²) in [5.41, 5.74) is -1.08. The Balaban J connectivity index is 2.02. The number of hydrogen-bond acceptors (Lipinski definition) is 7. The topological polar surface area (TPSA) is 105 Å². The second-order valence-corrected chi connectivity index (χ2v) is 13.5. The molecule has 2 aliphatic rings. The SMILES string of the molecule is CC(=O)O[C@@H](CC[C@@H](O)[C@]1(C)CC[C@H]([C@@](C)(O)CCC=C(C)C)O1)[C@@]1(C)CC[C@H]([C@@](C)(O)CCC=C(C)C)O1. The Kier molecular flexibility index (Phi) is 11.8. The number of allylic oxidation sites excluding steroid dienone is 4. The smallest absolute Gasteiger partial charge is 0.303 e. The van der Waals surface area contributed by atoms with Gasteiger partial charge in [0.2, 0.25) is 0 Å². The van der Waals surface area contributed by atoms with Crippen LogP contribution in [0.5, 0.6) is 0 Å². The number of carbonyl (C=O) groups excluding carboxylic acids is 1. The first-order valence-corrected chi connectivity index (χ1v) is 14.8. The van der Waals surface area contributed by atoms with Gasteiger partial charge in [0, 0.05) is 6.92 Å². The van der Waals surface area contributed by atoms with E-state index in [0.717, 1.165) is 12.8 Å². The predicted molar refractivity (Wildman–Crippen MR) is 154 cm³/mol. The van der Waals surface area contributed by atoms with Gasteiger partial charge >= 0.3 is 5.97 Å². The number of aliphatic hydroxyl groups is 3. The van der Waals surface area contributed by atoms with E-state index in [1.54, 1.807) is 0 Å². The van der Waals surface area contributed by atoms with Crippen molar-refractivity contribution in [3.63, 3.8) is 0 Å². The molecular formula is C32H56O7. The van der Waals surface area contributed by atoms with E-state index in [4.69, 9.17) is 14.2 Å². The average molecular weight is 553 g/mol. The van der Waals surface area contributed by atoms with E-state index in [1.165, 1.54) is 18.1 Å². The third-order valence-corrected chi connectivity index (χ3v) is 8.82. The molecule has 8 atom stereocenters. The fraction of sp³-hybridized carbons (Fsp3) is 0.844. The van der Waals surface area contributed by atoms with Crippen molar-refractivity contribution in [3.05, 3.63) is 23.3 Å². The number of esters is 1. The molecule has 0 unspecified atom stereocenters. The van der Waals surface area contributed by atoms with Gasteiger partial charge in [-0.15, -0.1) is 0 Å². The standard InChI is InChI=1S/C32H56O7/c1-22(2)12-10-18-29(6,35)26-16-20-31(8,38-26)25(34)14-15-28(37-24(5)33)32(9)21-17-27(39-32)30(7,36)19-11-13-23(3)4/h12-13,25-28,34-36H,10-11,14-21H2,1-9H3/t25-,26-,27-,28+,29+,30+,31+,32-/m1/s1. The minimum Gasteiger partial charge on any atom is -0.459 e. The van der Waals surface area contributed by atoms with Crippen molar-refractivity contribution in [1.82, 2.24) is 0 Å². The highest BCUT2D eigenvalue weighted by Gasteiger charge is 2.51. The van der Waals surface area contributed by atoms with Crippen LogP contribution in [0.2, 0.25) is 0 Å². The first-order chi connectivity index (χ1) is 17.9. The maximum Gasteiger partial charge on any atom is 0.303 e. The molecule has 7 heteroatoms. The van der Waals surface area contributed by atoms with Gasteiger partial charge in [0.05, 0.1) is 35.1 Å². The second kappa shape index (κ2) is 13.6. The Morgan fingerprint density at radius 1 is 0.872 bits per heavy atom. The highest BCUT2D eigenvalue weighted by molar-refractivity contribution is 5.66. The lowest BCUT2D eigenvalue weighted by Crippen LogP contribution is -2.48. The minimum absolute atomic E-state index is 0.350. The molecule has 0 spiro atoms. The Morgan fingerprint density at radius 3 is 1.74 bits per heavy atom. The van der Waals surface area contributed by atoms with Crippen LogP contribution < -0.4 is 0 Å². The summed E-state index contributed by atoms with van der Waals surface area (Å²) in [7, 11) is 0. The summed E-state index contributed by atoms with van der Waals surface area (Å²) in [6, 6.07) is 0. The summed E-state index contributed by atoms with van der Waals surface area (Å²) in [5, 5.41) is 33.5. The van der Waals surface area contributed by atoms with Crippen molar-refractivity contribution >= 4 is 5.97 Å². The van der Waals surface area contributed by atoms with Gasteiger partial charge in [-0.25, -0.2) is 0 Å². The molecule has 0 saturated carbocycles. The van der Waals surface area contributed by atoms with E-state index in [-0.39, 0.29) is 12.2 Å². The fourth-order valence-electron chi connectivity index (χ4n) is 6.01. The number of rotatable bonds is 14. The van der Waals surface area contributed by atoms with E-state index in [0.29, 0.717) is 51.4 Å². The predicted octanol–water partition coefficient (Wildman–Crippen LogP) is 5.93. The van der Waals surface area contributed by atoms with Gasteiger partial charge in [-0.05, 0) is 120 Å². The van der Waals surface area contributed by atoms with Crippen LogP contribution in [0, 0.1) is 0 Å². The lowest BCUT2D eigenvalue weighted by molar-refractivity contribution is -0.187. The number of ether oxygens (including phenoxy) is 3. The lowest BCUT2D eigenvalue weighted by atomic mass is 9.86. The van der Waals surface area contributed by atoms with Crippen LogP contribution in [0.4, 0.5) is 0 Å². The lowest BCUT2D eigenvalue weighted by Gasteiger charge is -2.38. The van der Waals surface area contributed by atoms with E-state index in [9.17, 15) is 20.1 Å². The maximum atomic E-state index is 12.0. The summed E-state index contributed by atoms with van der Waals surface area (Å²) in [6.45, 7) is 17.0. The highest BCUT2D eigenvalue weighted by atomic mass is 16.6. The summed E-state index contributed by atoms with van der Waals surface area (Å²) in [5.74, 6) is -0.395. The van der Waals surface area contributed by atoms with Gasteiger partial charge in [-0.1, -0.05) is 23.3 Å². The summed E-state index contributed by atoms with van der Waals surface area (Å²) < 4.78 is 18.5. The maximum absolute atomic E-state index is 12.0. The van der Waals surface area contributed by atoms with Crippen molar-refractivity contribution in [1.29, 1.82) is 0 Å². The van der Waals surface area contributed by atoms with Gasteiger partial charge in [0.25, 0.3) is 0 Å². The van der Waals surface area contributed by atoms with Crippen molar-refractivity contribution in [3.8, 4) is 0 Å². The fourth-order valence-corrected chi connectivity index (χ4v) is 6.01. The molecule has 2 fully saturated rings. The van der Waals surface area contributed by atoms with Gasteiger partial charge < -0.3 is 29.5 Å². The quantitative estimate of drug-likeness (QED) is 0.181. The summed E-state index contributed by atoms with van der Waals surface area (Å²) in [6.07, 6.45) is 8.31. The molecule has 3 N–H and O–H groups in total. The van der Waals surface area contributed by atoms with Crippen LogP contribution in [0.15, 0.2) is 23.3 Å². The normalized spacial score (nSPS) is 31.6. The molecule has 2 heterocycles. The largest absolute Gasteiger partial charge is 0.459 e. The first-order valence-electron chi connectivity index (χ1n) is 14.8. The van der Waals surface area contributed by atoms with Crippen LogP contribution >= 0.6 is 0 Å². The highest BCUT2D eigenvalue weighted by Crippen LogP contribution is 2.43. The third kappa shape index (κ3) is 9.67. The Hall–Kier alpha value is -1.25. The van der Waals surface area contributed by atoms with E-state index in [2.05, 4.69) is 12.2 Å². The molecule has 0 aromatic rings. The molecule has 7 nitrogen and oxygen atoms in total. The number of hydrogen-bond donors (Lipinski definition) is 3. The molecular weight excluding hydrogens is 496 g/mol. The molecule has 2 saturated heterocycles. The molecule has 0 aliphatic carbocycles. The zero-order valence-corrected chi connectivity index (χ0v) is 26.0. The summed E-state index contributed by atoms with van der Waals surface area (Å²) in [4.78, 5) is 12.0. The molecule has 2 rings (SSSR count). The zero-order valence-electron chi connectivity index (χ0n) is 26.0. The zero-order chi connectivity index (χ0) is 29.6. The molecule has 0 aromatic carbocycles. The molecule has 0 aromatic heterocycles. The van der Waals surface area contributed by atoms with Crippen molar-refractivity contribution < 1.29 is 34.3 Å². The van der Waals surface area contributed by atoms with E-state index < -0.39 is 40.6 Å².